The van der Waals surface area contributed by atoms with Crippen LogP contribution in [0.15, 0.2) is 18.3 Å². The molecule has 0 aliphatic carbocycles. The van der Waals surface area contributed by atoms with Gasteiger partial charge in [-0.2, -0.15) is 0 Å². The Morgan fingerprint density at radius 2 is 2.29 bits per heavy atom. The molecule has 2 aromatic rings. The highest BCUT2D eigenvalue weighted by Gasteiger charge is 2.14. The summed E-state index contributed by atoms with van der Waals surface area (Å²) in [4.78, 5) is 13.6. The van der Waals surface area contributed by atoms with Crippen molar-refractivity contribution in [2.45, 2.75) is 6.92 Å². The zero-order chi connectivity index (χ0) is 10.3. The van der Waals surface area contributed by atoms with Crippen LogP contribution in [0.2, 0.25) is 0 Å². The fraction of sp³-hybridized carbons (Fsp3) is 0.100. The van der Waals surface area contributed by atoms with Crippen molar-refractivity contribution in [3.05, 3.63) is 35.3 Å². The van der Waals surface area contributed by atoms with Crippen molar-refractivity contribution in [3.63, 3.8) is 0 Å². The molecule has 0 saturated carbocycles. The molecule has 0 aliphatic rings. The van der Waals surface area contributed by atoms with Crippen molar-refractivity contribution in [3.8, 4) is 0 Å². The number of hydrogen-bond donors (Lipinski definition) is 2. The van der Waals surface area contributed by atoms with Gasteiger partial charge in [0.25, 0.3) is 0 Å². The smallest absolute Gasteiger partial charge is 0.337 e. The predicted octanol–water partition coefficient (Wildman–Crippen LogP) is 2.31. The Bertz CT molecular complexity index is 516. The number of H-pyrrole nitrogens is 1. The number of aryl methyl sites for hydroxylation is 1. The van der Waals surface area contributed by atoms with E-state index in [1.165, 1.54) is 18.3 Å². The summed E-state index contributed by atoms with van der Waals surface area (Å²) in [6, 6.07) is 2.86. The van der Waals surface area contributed by atoms with Crippen LogP contribution in [0, 0.1) is 12.7 Å². The number of halogens is 1. The van der Waals surface area contributed by atoms with Gasteiger partial charge >= 0.3 is 5.97 Å². The van der Waals surface area contributed by atoms with E-state index in [2.05, 4.69) is 4.98 Å². The van der Waals surface area contributed by atoms with Gasteiger partial charge in [-0.15, -0.1) is 0 Å². The van der Waals surface area contributed by atoms with E-state index in [4.69, 9.17) is 5.11 Å². The van der Waals surface area contributed by atoms with Crippen molar-refractivity contribution in [1.29, 1.82) is 0 Å². The van der Waals surface area contributed by atoms with Crippen LogP contribution in [0.3, 0.4) is 0 Å². The van der Waals surface area contributed by atoms with Gasteiger partial charge in [0.05, 0.1) is 11.1 Å². The molecule has 4 heteroatoms. The van der Waals surface area contributed by atoms with E-state index in [1.54, 1.807) is 6.92 Å². The summed E-state index contributed by atoms with van der Waals surface area (Å²) in [6.45, 7) is 1.55. The summed E-state index contributed by atoms with van der Waals surface area (Å²) in [6.07, 6.45) is 1.53. The maximum Gasteiger partial charge on any atom is 0.337 e. The Hall–Kier alpha value is -1.84. The molecule has 72 valence electrons. The molecular weight excluding hydrogens is 185 g/mol. The van der Waals surface area contributed by atoms with E-state index in [0.29, 0.717) is 16.5 Å². The highest BCUT2D eigenvalue weighted by Crippen LogP contribution is 2.23. The summed E-state index contributed by atoms with van der Waals surface area (Å²) >= 11 is 0. The molecule has 3 nitrogen and oxygen atoms in total. The summed E-state index contributed by atoms with van der Waals surface area (Å²) < 4.78 is 13.5. The molecule has 0 fully saturated rings. The van der Waals surface area contributed by atoms with Gasteiger partial charge in [-0.05, 0) is 24.6 Å². The van der Waals surface area contributed by atoms with Gasteiger partial charge in [-0.1, -0.05) is 0 Å². The van der Waals surface area contributed by atoms with Gasteiger partial charge in [0, 0.05) is 11.6 Å². The first-order valence-electron chi connectivity index (χ1n) is 4.10. The van der Waals surface area contributed by atoms with E-state index < -0.39 is 5.97 Å². The molecule has 1 aromatic carbocycles. The van der Waals surface area contributed by atoms with Crippen molar-refractivity contribution in [2.75, 3.05) is 0 Å². The predicted molar refractivity (Wildman–Crippen MR) is 50.0 cm³/mol. The zero-order valence-corrected chi connectivity index (χ0v) is 7.47. The molecule has 1 aromatic heterocycles. The number of rotatable bonds is 1. The van der Waals surface area contributed by atoms with Gasteiger partial charge in [-0.25, -0.2) is 9.18 Å². The van der Waals surface area contributed by atoms with Crippen molar-refractivity contribution < 1.29 is 14.3 Å². The molecule has 14 heavy (non-hydrogen) atoms. The van der Waals surface area contributed by atoms with Crippen molar-refractivity contribution >= 4 is 16.9 Å². The Kier molecular flexibility index (Phi) is 1.77. The minimum atomic E-state index is -1.06. The number of carbonyl (C=O) groups is 1. The molecule has 0 bridgehead atoms. The number of aromatic amines is 1. The van der Waals surface area contributed by atoms with Crippen molar-refractivity contribution in [2.24, 2.45) is 0 Å². The molecule has 1 heterocycles. The molecule has 2 N–H and O–H groups in total. The van der Waals surface area contributed by atoms with Crippen LogP contribution in [-0.2, 0) is 0 Å². The van der Waals surface area contributed by atoms with Crippen LogP contribution >= 0.6 is 0 Å². The summed E-state index contributed by atoms with van der Waals surface area (Å²) in [5.41, 5.74) is 0.777. The highest BCUT2D eigenvalue weighted by atomic mass is 19.1. The number of fused-ring (bicyclic) bond motifs is 1. The minimum absolute atomic E-state index is 0.101. The normalized spacial score (nSPS) is 10.7. The maximum atomic E-state index is 13.5. The van der Waals surface area contributed by atoms with Crippen LogP contribution in [0.1, 0.15) is 15.9 Å². The van der Waals surface area contributed by atoms with Crippen molar-refractivity contribution in [1.82, 2.24) is 4.98 Å². The standard InChI is InChI=1S/C10H8FNO2/c1-5-4-7(10(13)14)9-6(8(5)11)2-3-12-9/h2-4,12H,1H3,(H,13,14). The molecule has 0 saturated heterocycles. The number of aromatic nitrogens is 1. The lowest BCUT2D eigenvalue weighted by molar-refractivity contribution is 0.0698. The Morgan fingerprint density at radius 3 is 2.93 bits per heavy atom. The number of aromatic carboxylic acids is 1. The fourth-order valence-corrected chi connectivity index (χ4v) is 1.51. The average molecular weight is 193 g/mol. The number of benzene rings is 1. The van der Waals surface area contributed by atoms with E-state index in [0.717, 1.165) is 0 Å². The first-order chi connectivity index (χ1) is 6.61. The molecule has 2 rings (SSSR count). The third-order valence-corrected chi connectivity index (χ3v) is 2.19. The van der Waals surface area contributed by atoms with Gasteiger partial charge < -0.3 is 10.1 Å². The number of carboxylic acid groups (broad SMARTS) is 1. The molecule has 0 aliphatic heterocycles. The van der Waals surface area contributed by atoms with Gasteiger partial charge in [0.2, 0.25) is 0 Å². The van der Waals surface area contributed by atoms with Crippen LogP contribution in [0.25, 0.3) is 10.9 Å². The van der Waals surface area contributed by atoms with E-state index >= 15 is 0 Å². The zero-order valence-electron chi connectivity index (χ0n) is 7.47. The quantitative estimate of drug-likeness (QED) is 0.730. The minimum Gasteiger partial charge on any atom is -0.478 e. The first-order valence-corrected chi connectivity index (χ1v) is 4.10. The Balaban J connectivity index is 2.91. The van der Waals surface area contributed by atoms with E-state index in [1.807, 2.05) is 0 Å². The molecule has 0 unspecified atom stereocenters. The second-order valence-electron chi connectivity index (χ2n) is 3.13. The second-order valence-corrected chi connectivity index (χ2v) is 3.13. The lowest BCUT2D eigenvalue weighted by Crippen LogP contribution is -1.99. The SMILES string of the molecule is Cc1cc(C(=O)O)c2[nH]ccc2c1F. The molecule has 0 spiro atoms. The van der Waals surface area contributed by atoms with Gasteiger partial charge in [-0.3, -0.25) is 0 Å². The number of hydrogen-bond acceptors (Lipinski definition) is 1. The number of nitrogens with one attached hydrogen (secondary N) is 1. The molecular formula is C10H8FNO2. The molecule has 0 atom stereocenters. The topological polar surface area (TPSA) is 53.1 Å². The summed E-state index contributed by atoms with van der Waals surface area (Å²) in [5, 5.41) is 9.20. The molecule has 0 amide bonds. The number of carboxylic acids is 1. The van der Waals surface area contributed by atoms with Crippen LogP contribution < -0.4 is 0 Å². The second kappa shape index (κ2) is 2.83. The van der Waals surface area contributed by atoms with Gasteiger partial charge in [0.1, 0.15) is 5.82 Å². The Morgan fingerprint density at radius 1 is 1.57 bits per heavy atom. The third kappa shape index (κ3) is 1.08. The largest absolute Gasteiger partial charge is 0.478 e. The summed E-state index contributed by atoms with van der Waals surface area (Å²) in [7, 11) is 0. The molecule has 0 radical (unpaired) electrons. The third-order valence-electron chi connectivity index (χ3n) is 2.19. The van der Waals surface area contributed by atoms with E-state index in [9.17, 15) is 9.18 Å². The average Bonchev–Trinajstić information content (AvgIpc) is 2.59. The van der Waals surface area contributed by atoms with Crippen LogP contribution in [0.5, 0.6) is 0 Å². The first kappa shape index (κ1) is 8.74. The van der Waals surface area contributed by atoms with Crippen LogP contribution in [0.4, 0.5) is 4.39 Å². The monoisotopic (exact) mass is 193 g/mol. The highest BCUT2D eigenvalue weighted by molar-refractivity contribution is 6.02. The van der Waals surface area contributed by atoms with E-state index in [-0.39, 0.29) is 11.4 Å². The lowest BCUT2D eigenvalue weighted by Gasteiger charge is -2.02. The lowest BCUT2D eigenvalue weighted by atomic mass is 10.1. The van der Waals surface area contributed by atoms with Crippen LogP contribution in [-0.4, -0.2) is 16.1 Å². The maximum absolute atomic E-state index is 13.5. The Labute approximate surface area is 79.2 Å². The summed E-state index contributed by atoms with van der Waals surface area (Å²) in [5.74, 6) is -1.42. The van der Waals surface area contributed by atoms with Gasteiger partial charge in [0.15, 0.2) is 0 Å². The fourth-order valence-electron chi connectivity index (χ4n) is 1.51.